The van der Waals surface area contributed by atoms with Crippen molar-refractivity contribution in [1.82, 2.24) is 0 Å². The monoisotopic (exact) mass is 250 g/mol. The number of rotatable bonds is 4. The summed E-state index contributed by atoms with van der Waals surface area (Å²) in [6.07, 6.45) is 3.97. The number of hydrogen-bond donors (Lipinski definition) is 1. The molecule has 0 bridgehead atoms. The Bertz CT molecular complexity index is 405. The standard InChI is InChI=1S/C15H23FN2/c1-3-13(17)10-12-7-4-8-14(16)15(12)18-9-5-6-11(18)2/h4,7-8,11,13H,3,5-6,9-10,17H2,1-2H3. The Balaban J connectivity index is 2.31. The van der Waals surface area contributed by atoms with Crippen molar-refractivity contribution in [2.75, 3.05) is 11.4 Å². The van der Waals surface area contributed by atoms with Crippen LogP contribution >= 0.6 is 0 Å². The summed E-state index contributed by atoms with van der Waals surface area (Å²) in [5, 5.41) is 0. The number of nitrogens with two attached hydrogens (primary N) is 1. The second-order valence-electron chi connectivity index (χ2n) is 5.30. The lowest BCUT2D eigenvalue weighted by atomic mass is 10.0. The molecule has 1 saturated heterocycles. The smallest absolute Gasteiger partial charge is 0.146 e. The van der Waals surface area contributed by atoms with E-state index in [9.17, 15) is 4.39 Å². The molecular weight excluding hydrogens is 227 g/mol. The van der Waals surface area contributed by atoms with Crippen molar-refractivity contribution in [3.63, 3.8) is 0 Å². The lowest BCUT2D eigenvalue weighted by Crippen LogP contribution is -2.30. The molecular formula is C15H23FN2. The maximum Gasteiger partial charge on any atom is 0.146 e. The van der Waals surface area contributed by atoms with Crippen molar-refractivity contribution in [2.24, 2.45) is 5.73 Å². The van der Waals surface area contributed by atoms with E-state index in [-0.39, 0.29) is 11.9 Å². The van der Waals surface area contributed by atoms with Crippen molar-refractivity contribution in [2.45, 2.75) is 51.6 Å². The number of benzene rings is 1. The van der Waals surface area contributed by atoms with Crippen LogP contribution in [0.25, 0.3) is 0 Å². The van der Waals surface area contributed by atoms with Crippen molar-refractivity contribution in [3.8, 4) is 0 Å². The predicted octanol–water partition coefficient (Wildman–Crippen LogP) is 3.09. The fourth-order valence-electron chi connectivity index (χ4n) is 2.74. The van der Waals surface area contributed by atoms with Gasteiger partial charge in [-0.25, -0.2) is 4.39 Å². The van der Waals surface area contributed by atoms with E-state index < -0.39 is 0 Å². The van der Waals surface area contributed by atoms with E-state index in [1.807, 2.05) is 6.07 Å². The molecule has 2 unspecified atom stereocenters. The molecule has 0 aliphatic carbocycles. The van der Waals surface area contributed by atoms with Gasteiger partial charge in [-0.1, -0.05) is 19.1 Å². The van der Waals surface area contributed by atoms with Crippen molar-refractivity contribution in [3.05, 3.63) is 29.6 Å². The lowest BCUT2D eigenvalue weighted by Gasteiger charge is -2.27. The highest BCUT2D eigenvalue weighted by atomic mass is 19.1. The summed E-state index contributed by atoms with van der Waals surface area (Å²) in [7, 11) is 0. The molecule has 2 N–H and O–H groups in total. The Kier molecular flexibility index (Phi) is 4.23. The minimum atomic E-state index is -0.107. The molecule has 1 aromatic rings. The fourth-order valence-corrected chi connectivity index (χ4v) is 2.74. The topological polar surface area (TPSA) is 29.3 Å². The van der Waals surface area contributed by atoms with Gasteiger partial charge in [0.2, 0.25) is 0 Å². The van der Waals surface area contributed by atoms with Crippen LogP contribution in [0.3, 0.4) is 0 Å². The molecule has 0 spiro atoms. The maximum atomic E-state index is 14.1. The number of halogens is 1. The van der Waals surface area contributed by atoms with E-state index in [0.29, 0.717) is 6.04 Å². The zero-order valence-corrected chi connectivity index (χ0v) is 11.3. The first-order valence-corrected chi connectivity index (χ1v) is 6.93. The van der Waals surface area contributed by atoms with Crippen LogP contribution in [0.1, 0.15) is 38.7 Å². The molecule has 1 aromatic carbocycles. The van der Waals surface area contributed by atoms with Crippen molar-refractivity contribution in [1.29, 1.82) is 0 Å². The van der Waals surface area contributed by atoms with Gasteiger partial charge in [-0.2, -0.15) is 0 Å². The molecule has 18 heavy (non-hydrogen) atoms. The molecule has 2 rings (SSSR count). The summed E-state index contributed by atoms with van der Waals surface area (Å²) in [6.45, 7) is 5.20. The second kappa shape index (κ2) is 5.70. The zero-order chi connectivity index (χ0) is 13.1. The minimum Gasteiger partial charge on any atom is -0.366 e. The summed E-state index contributed by atoms with van der Waals surface area (Å²) in [5.41, 5.74) is 7.85. The average Bonchev–Trinajstić information content (AvgIpc) is 2.75. The van der Waals surface area contributed by atoms with Gasteiger partial charge in [0.1, 0.15) is 5.82 Å². The van der Waals surface area contributed by atoms with Gasteiger partial charge in [-0.3, -0.25) is 0 Å². The number of para-hydroxylation sites is 1. The van der Waals surface area contributed by atoms with Crippen LogP contribution in [0.4, 0.5) is 10.1 Å². The normalized spacial score (nSPS) is 21.3. The van der Waals surface area contributed by atoms with E-state index >= 15 is 0 Å². The third kappa shape index (κ3) is 2.66. The summed E-state index contributed by atoms with van der Waals surface area (Å²) in [4.78, 5) is 2.20. The van der Waals surface area contributed by atoms with Crippen molar-refractivity contribution >= 4 is 5.69 Å². The molecule has 3 heteroatoms. The minimum absolute atomic E-state index is 0.107. The molecule has 0 aromatic heterocycles. The first-order valence-electron chi connectivity index (χ1n) is 6.93. The Morgan fingerprint density at radius 1 is 1.50 bits per heavy atom. The van der Waals surface area contributed by atoms with Gasteiger partial charge in [0, 0.05) is 18.6 Å². The van der Waals surface area contributed by atoms with Crippen LogP contribution in [0.15, 0.2) is 18.2 Å². The van der Waals surface area contributed by atoms with Gasteiger partial charge in [-0.05, 0) is 44.2 Å². The molecule has 100 valence electrons. The second-order valence-corrected chi connectivity index (χ2v) is 5.30. The van der Waals surface area contributed by atoms with Gasteiger partial charge in [0.25, 0.3) is 0 Å². The molecule has 1 heterocycles. The highest BCUT2D eigenvalue weighted by Gasteiger charge is 2.25. The molecule has 2 atom stereocenters. The van der Waals surface area contributed by atoms with Gasteiger partial charge in [-0.15, -0.1) is 0 Å². The molecule has 0 radical (unpaired) electrons. The molecule has 1 aliphatic rings. The molecule has 0 saturated carbocycles. The molecule has 1 aliphatic heterocycles. The van der Waals surface area contributed by atoms with Crippen LogP contribution in [0, 0.1) is 5.82 Å². The van der Waals surface area contributed by atoms with Crippen LogP contribution in [0.2, 0.25) is 0 Å². The summed E-state index contributed by atoms with van der Waals surface area (Å²) >= 11 is 0. The van der Waals surface area contributed by atoms with Gasteiger partial charge in [0.15, 0.2) is 0 Å². The van der Waals surface area contributed by atoms with Crippen LogP contribution in [-0.2, 0) is 6.42 Å². The SMILES string of the molecule is CCC(N)Cc1cccc(F)c1N1CCCC1C. The third-order valence-electron chi connectivity index (χ3n) is 3.92. The van der Waals surface area contributed by atoms with E-state index in [1.54, 1.807) is 12.1 Å². The number of nitrogens with zero attached hydrogens (tertiary/aromatic N) is 1. The Hall–Kier alpha value is -1.09. The number of anilines is 1. The van der Waals surface area contributed by atoms with Gasteiger partial charge < -0.3 is 10.6 Å². The highest BCUT2D eigenvalue weighted by Crippen LogP contribution is 2.31. The summed E-state index contributed by atoms with van der Waals surface area (Å²) in [6, 6.07) is 5.90. The maximum absolute atomic E-state index is 14.1. The van der Waals surface area contributed by atoms with Gasteiger partial charge in [0.05, 0.1) is 5.69 Å². The van der Waals surface area contributed by atoms with E-state index in [4.69, 9.17) is 5.73 Å². The fraction of sp³-hybridized carbons (Fsp3) is 0.600. The van der Waals surface area contributed by atoms with E-state index in [1.165, 1.54) is 0 Å². The van der Waals surface area contributed by atoms with Gasteiger partial charge >= 0.3 is 0 Å². The number of hydrogen-bond acceptors (Lipinski definition) is 2. The predicted molar refractivity (Wildman–Crippen MR) is 74.4 cm³/mol. The molecule has 0 amide bonds. The van der Waals surface area contributed by atoms with Crippen LogP contribution in [0.5, 0.6) is 0 Å². The first-order chi connectivity index (χ1) is 8.63. The first kappa shape index (κ1) is 13.3. The summed E-state index contributed by atoms with van der Waals surface area (Å²) in [5.74, 6) is -0.107. The van der Waals surface area contributed by atoms with Crippen LogP contribution < -0.4 is 10.6 Å². The molecule has 2 nitrogen and oxygen atoms in total. The lowest BCUT2D eigenvalue weighted by molar-refractivity contribution is 0.600. The van der Waals surface area contributed by atoms with E-state index in [0.717, 1.165) is 43.5 Å². The van der Waals surface area contributed by atoms with E-state index in [2.05, 4.69) is 18.7 Å². The summed E-state index contributed by atoms with van der Waals surface area (Å²) < 4.78 is 14.1. The van der Waals surface area contributed by atoms with Crippen molar-refractivity contribution < 1.29 is 4.39 Å². The third-order valence-corrected chi connectivity index (χ3v) is 3.92. The zero-order valence-electron chi connectivity index (χ0n) is 11.3. The van der Waals surface area contributed by atoms with Crippen LogP contribution in [-0.4, -0.2) is 18.6 Å². The highest BCUT2D eigenvalue weighted by molar-refractivity contribution is 5.56. The average molecular weight is 250 g/mol. The quantitative estimate of drug-likeness (QED) is 0.889. The Labute approximate surface area is 109 Å². The molecule has 1 fully saturated rings. The Morgan fingerprint density at radius 2 is 2.28 bits per heavy atom. The largest absolute Gasteiger partial charge is 0.366 e. The Morgan fingerprint density at radius 3 is 2.89 bits per heavy atom.